The summed E-state index contributed by atoms with van der Waals surface area (Å²) >= 11 is 7.32. The van der Waals surface area contributed by atoms with Crippen molar-refractivity contribution in [2.75, 3.05) is 0 Å². The Morgan fingerprint density at radius 3 is 2.22 bits per heavy atom. The summed E-state index contributed by atoms with van der Waals surface area (Å²) in [5, 5.41) is -0.219. The Morgan fingerprint density at radius 1 is 1.00 bits per heavy atom. The van der Waals surface area contributed by atoms with E-state index < -0.39 is 9.84 Å². The van der Waals surface area contributed by atoms with Crippen LogP contribution in [0.1, 0.15) is 12.8 Å². The highest BCUT2D eigenvalue weighted by Gasteiger charge is 2.55. The molecule has 0 unspecified atom stereocenters. The number of fused-ring (bicyclic) bond motifs is 2. The lowest BCUT2D eigenvalue weighted by Crippen LogP contribution is -2.37. The molecule has 0 aromatic heterocycles. The summed E-state index contributed by atoms with van der Waals surface area (Å²) in [6.45, 7) is 0. The molecule has 5 atom stereocenters. The topological polar surface area (TPSA) is 34.1 Å². The van der Waals surface area contributed by atoms with E-state index in [-0.39, 0.29) is 16.0 Å². The second kappa shape index (κ2) is 4.60. The molecule has 5 heteroatoms. The van der Waals surface area contributed by atoms with Gasteiger partial charge in [-0.15, -0.1) is 0 Å². The summed E-state index contributed by atoms with van der Waals surface area (Å²) in [5.74, 6) is 0.729. The molecule has 3 rings (SSSR count). The lowest BCUT2D eigenvalue weighted by atomic mass is 10.00. The van der Waals surface area contributed by atoms with Crippen molar-refractivity contribution in [3.63, 3.8) is 0 Å². The summed E-state index contributed by atoms with van der Waals surface area (Å²) in [5.41, 5.74) is 0. The number of rotatable bonds is 2. The predicted molar refractivity (Wildman–Crippen MR) is 79.1 cm³/mol. The summed E-state index contributed by atoms with van der Waals surface area (Å²) in [7, 11) is -3.18. The smallest absolute Gasteiger partial charge is 0.181 e. The van der Waals surface area contributed by atoms with E-state index in [1.54, 1.807) is 24.3 Å². The van der Waals surface area contributed by atoms with Crippen molar-refractivity contribution in [3.8, 4) is 0 Å². The molecule has 0 amide bonds. The highest BCUT2D eigenvalue weighted by Crippen LogP contribution is 2.54. The van der Waals surface area contributed by atoms with E-state index in [4.69, 9.17) is 0 Å². The van der Waals surface area contributed by atoms with Crippen LogP contribution in [0.3, 0.4) is 0 Å². The molecule has 18 heavy (non-hydrogen) atoms. The van der Waals surface area contributed by atoms with Gasteiger partial charge in [-0.1, -0.05) is 50.1 Å². The van der Waals surface area contributed by atoms with Crippen LogP contribution in [0.4, 0.5) is 0 Å². The monoisotopic (exact) mass is 392 g/mol. The van der Waals surface area contributed by atoms with E-state index in [9.17, 15) is 8.42 Å². The number of alkyl halides is 2. The molecule has 1 aromatic carbocycles. The highest BCUT2D eigenvalue weighted by molar-refractivity contribution is 9.12. The minimum absolute atomic E-state index is 0.219. The van der Waals surface area contributed by atoms with E-state index in [1.807, 2.05) is 6.07 Å². The standard InChI is InChI=1S/C13H14Br2O2S/c14-12-8-6-10(13(12)15)11(7-8)18(16,17)9-4-2-1-3-5-9/h1-5,8,10-13H,6-7H2/t8-,10+,11+,12+,13+/m1/s1. The first kappa shape index (κ1) is 13.1. The molecule has 2 saturated carbocycles. The van der Waals surface area contributed by atoms with E-state index in [1.165, 1.54) is 0 Å². The maximum absolute atomic E-state index is 12.6. The molecule has 1 aromatic rings. The van der Waals surface area contributed by atoms with Crippen LogP contribution in [0.2, 0.25) is 0 Å². The van der Waals surface area contributed by atoms with Crippen molar-refractivity contribution in [1.29, 1.82) is 0 Å². The third-order valence-electron chi connectivity index (χ3n) is 4.22. The van der Waals surface area contributed by atoms with E-state index in [0.717, 1.165) is 12.8 Å². The Morgan fingerprint density at radius 2 is 1.67 bits per heavy atom. The SMILES string of the molecule is O=S(=O)(c1ccccc1)[C@H]1C[C@H]2C[C@@H]1[C@H](Br)[C@H]2Br. The Bertz CT molecular complexity index is 541. The second-order valence-electron chi connectivity index (χ2n) is 5.18. The summed E-state index contributed by atoms with van der Waals surface area (Å²) in [6.07, 6.45) is 1.81. The van der Waals surface area contributed by atoms with Gasteiger partial charge in [-0.25, -0.2) is 8.42 Å². The first-order valence-electron chi connectivity index (χ1n) is 6.09. The number of hydrogen-bond acceptors (Lipinski definition) is 2. The van der Waals surface area contributed by atoms with Crippen molar-refractivity contribution >= 4 is 41.7 Å². The molecule has 0 saturated heterocycles. The maximum Gasteiger partial charge on any atom is 0.181 e. The van der Waals surface area contributed by atoms with Crippen LogP contribution in [0.25, 0.3) is 0 Å². The van der Waals surface area contributed by atoms with Gasteiger partial charge in [0.15, 0.2) is 9.84 Å². The van der Waals surface area contributed by atoms with Gasteiger partial charge in [0.25, 0.3) is 0 Å². The number of hydrogen-bond donors (Lipinski definition) is 0. The normalized spacial score (nSPS) is 39.1. The Balaban J connectivity index is 1.94. The quantitative estimate of drug-likeness (QED) is 0.721. The van der Waals surface area contributed by atoms with Gasteiger partial charge in [-0.2, -0.15) is 0 Å². The Kier molecular flexibility index (Phi) is 3.35. The molecule has 2 fully saturated rings. The predicted octanol–water partition coefficient (Wildman–Crippen LogP) is 3.40. The number of benzene rings is 1. The van der Waals surface area contributed by atoms with Gasteiger partial charge in [0.05, 0.1) is 10.1 Å². The minimum Gasteiger partial charge on any atom is -0.223 e. The van der Waals surface area contributed by atoms with E-state index >= 15 is 0 Å². The molecule has 0 radical (unpaired) electrons. The van der Waals surface area contributed by atoms with E-state index in [2.05, 4.69) is 31.9 Å². The lowest BCUT2D eigenvalue weighted by molar-refractivity contribution is 0.490. The van der Waals surface area contributed by atoms with Crippen molar-refractivity contribution in [2.45, 2.75) is 32.6 Å². The Labute approximate surface area is 124 Å². The highest BCUT2D eigenvalue weighted by atomic mass is 79.9. The average Bonchev–Trinajstić information content (AvgIpc) is 2.92. The fourth-order valence-electron chi connectivity index (χ4n) is 3.30. The summed E-state index contributed by atoms with van der Waals surface area (Å²) < 4.78 is 25.3. The van der Waals surface area contributed by atoms with Crippen molar-refractivity contribution in [1.82, 2.24) is 0 Å². The zero-order chi connectivity index (χ0) is 12.9. The molecule has 2 bridgehead atoms. The zero-order valence-corrected chi connectivity index (χ0v) is 13.7. The van der Waals surface area contributed by atoms with Crippen LogP contribution < -0.4 is 0 Å². The van der Waals surface area contributed by atoms with Crippen molar-refractivity contribution in [3.05, 3.63) is 30.3 Å². The van der Waals surface area contributed by atoms with Crippen molar-refractivity contribution < 1.29 is 8.42 Å². The van der Waals surface area contributed by atoms with Crippen LogP contribution in [-0.2, 0) is 9.84 Å². The zero-order valence-electron chi connectivity index (χ0n) is 9.67. The van der Waals surface area contributed by atoms with E-state index in [0.29, 0.717) is 15.6 Å². The molecule has 0 heterocycles. The number of halogens is 2. The van der Waals surface area contributed by atoms with Gasteiger partial charge in [0.1, 0.15) is 0 Å². The Hall–Kier alpha value is 0.130. The molecule has 0 spiro atoms. The first-order chi connectivity index (χ1) is 8.51. The molecular weight excluding hydrogens is 380 g/mol. The molecular formula is C13H14Br2O2S. The summed E-state index contributed by atoms with van der Waals surface area (Å²) in [6, 6.07) is 8.84. The van der Waals surface area contributed by atoms with Crippen molar-refractivity contribution in [2.24, 2.45) is 11.8 Å². The maximum atomic E-state index is 12.6. The van der Waals surface area contributed by atoms with Gasteiger partial charge in [-0.05, 0) is 36.8 Å². The molecule has 2 nitrogen and oxygen atoms in total. The van der Waals surface area contributed by atoms with Crippen LogP contribution in [0, 0.1) is 11.8 Å². The number of sulfone groups is 1. The molecule has 98 valence electrons. The molecule has 2 aliphatic carbocycles. The largest absolute Gasteiger partial charge is 0.223 e. The molecule has 0 N–H and O–H groups in total. The van der Waals surface area contributed by atoms with Gasteiger partial charge in [-0.3, -0.25) is 0 Å². The molecule has 0 aliphatic heterocycles. The van der Waals surface area contributed by atoms with Gasteiger partial charge in [0.2, 0.25) is 0 Å². The van der Waals surface area contributed by atoms with Crippen LogP contribution >= 0.6 is 31.9 Å². The fourth-order valence-corrected chi connectivity index (χ4v) is 7.47. The second-order valence-corrected chi connectivity index (χ2v) is 9.46. The van der Waals surface area contributed by atoms with Gasteiger partial charge in [0, 0.05) is 9.65 Å². The van der Waals surface area contributed by atoms with Crippen LogP contribution in [0.5, 0.6) is 0 Å². The first-order valence-corrected chi connectivity index (χ1v) is 9.46. The fraction of sp³-hybridized carbons (Fsp3) is 0.538. The third kappa shape index (κ3) is 1.90. The third-order valence-corrected chi connectivity index (χ3v) is 9.77. The average molecular weight is 394 g/mol. The van der Waals surface area contributed by atoms with Crippen LogP contribution in [0.15, 0.2) is 35.2 Å². The lowest BCUT2D eigenvalue weighted by Gasteiger charge is -2.29. The van der Waals surface area contributed by atoms with Crippen LogP contribution in [-0.4, -0.2) is 23.3 Å². The minimum atomic E-state index is -3.18. The summed E-state index contributed by atoms with van der Waals surface area (Å²) in [4.78, 5) is 1.16. The van der Waals surface area contributed by atoms with Gasteiger partial charge >= 0.3 is 0 Å². The van der Waals surface area contributed by atoms with Gasteiger partial charge < -0.3 is 0 Å². The molecule has 2 aliphatic rings.